The van der Waals surface area contributed by atoms with Gasteiger partial charge in [0.05, 0.1) is 6.10 Å². The highest BCUT2D eigenvalue weighted by Crippen LogP contribution is 2.09. The number of unbranched alkanes of at least 4 members (excludes halogenated alkanes) is 6. The summed E-state index contributed by atoms with van der Waals surface area (Å²) in [5.74, 6) is -0.690. The van der Waals surface area contributed by atoms with Crippen LogP contribution in [0.1, 0.15) is 90.4 Å². The molecular formula is C20H36O3. The molecule has 0 aliphatic rings. The second-order valence-electron chi connectivity index (χ2n) is 6.25. The molecule has 0 saturated carbocycles. The molecule has 134 valence electrons. The molecule has 23 heavy (non-hydrogen) atoms. The average molecular weight is 325 g/mol. The van der Waals surface area contributed by atoms with Crippen LogP contribution in [0.4, 0.5) is 0 Å². The molecule has 0 bridgehead atoms. The maximum Gasteiger partial charge on any atom is 0.303 e. The number of carbonyl (C=O) groups is 1. The lowest BCUT2D eigenvalue weighted by atomic mass is 10.1. The van der Waals surface area contributed by atoms with E-state index in [1.54, 1.807) is 0 Å². The first-order valence-electron chi connectivity index (χ1n) is 9.36. The first kappa shape index (κ1) is 21.9. The van der Waals surface area contributed by atoms with Crippen molar-refractivity contribution in [3.63, 3.8) is 0 Å². The van der Waals surface area contributed by atoms with Crippen LogP contribution in [-0.2, 0) is 4.79 Å². The van der Waals surface area contributed by atoms with Crippen LogP contribution in [0.15, 0.2) is 24.3 Å². The molecule has 0 aromatic carbocycles. The van der Waals surface area contributed by atoms with Gasteiger partial charge in [0.25, 0.3) is 0 Å². The van der Waals surface area contributed by atoms with Gasteiger partial charge in [0.1, 0.15) is 0 Å². The minimum Gasteiger partial charge on any atom is -0.481 e. The van der Waals surface area contributed by atoms with Crippen molar-refractivity contribution in [1.82, 2.24) is 0 Å². The highest BCUT2D eigenvalue weighted by molar-refractivity contribution is 5.66. The van der Waals surface area contributed by atoms with Crippen molar-refractivity contribution in [3.8, 4) is 0 Å². The van der Waals surface area contributed by atoms with Gasteiger partial charge in [0.15, 0.2) is 0 Å². The Balaban J connectivity index is 3.33. The average Bonchev–Trinajstić information content (AvgIpc) is 2.51. The Hall–Kier alpha value is -1.09. The van der Waals surface area contributed by atoms with Crippen LogP contribution < -0.4 is 0 Å². The summed E-state index contributed by atoms with van der Waals surface area (Å²) in [5.41, 5.74) is 0. The van der Waals surface area contributed by atoms with Gasteiger partial charge in [0.2, 0.25) is 0 Å². The molecule has 0 aliphatic heterocycles. The van der Waals surface area contributed by atoms with E-state index in [4.69, 9.17) is 5.11 Å². The molecule has 0 aromatic heterocycles. The predicted octanol–water partition coefficient (Wildman–Crippen LogP) is 5.64. The van der Waals surface area contributed by atoms with E-state index in [0.29, 0.717) is 6.42 Å². The summed E-state index contributed by atoms with van der Waals surface area (Å²) in [4.78, 5) is 10.3. The number of carboxylic acids is 1. The van der Waals surface area contributed by atoms with E-state index in [2.05, 4.69) is 31.2 Å². The minimum absolute atomic E-state index is 0.136. The number of rotatable bonds is 16. The number of aliphatic hydroxyl groups excluding tert-OH is 1. The summed E-state index contributed by atoms with van der Waals surface area (Å²) in [6.07, 6.45) is 21.4. The number of hydrogen-bond donors (Lipinski definition) is 2. The topological polar surface area (TPSA) is 57.5 Å². The van der Waals surface area contributed by atoms with Crippen molar-refractivity contribution >= 4 is 5.97 Å². The van der Waals surface area contributed by atoms with Gasteiger partial charge in [-0.2, -0.15) is 0 Å². The van der Waals surface area contributed by atoms with Gasteiger partial charge in [-0.3, -0.25) is 4.79 Å². The lowest BCUT2D eigenvalue weighted by Crippen LogP contribution is -2.05. The zero-order valence-corrected chi connectivity index (χ0v) is 14.9. The second kappa shape index (κ2) is 17.3. The van der Waals surface area contributed by atoms with Crippen LogP contribution in [0.25, 0.3) is 0 Å². The summed E-state index contributed by atoms with van der Waals surface area (Å²) in [6.45, 7) is 2.18. The SMILES string of the molecule is CCCCCC(O)CC/C=C\C/C=C\CCCCCCC(=O)O. The molecule has 0 spiro atoms. The Morgan fingerprint density at radius 1 is 0.870 bits per heavy atom. The monoisotopic (exact) mass is 324 g/mol. The standard InChI is InChI=1S/C20H36O3/c1-2-3-13-16-19(21)17-14-11-9-7-5-4-6-8-10-12-15-18-20(22)23/h4-5,9,11,19,21H,2-3,6-8,10,12-18H2,1H3,(H,22,23)/b5-4-,11-9-. The fourth-order valence-corrected chi connectivity index (χ4v) is 2.46. The van der Waals surface area contributed by atoms with Crippen molar-refractivity contribution in [2.75, 3.05) is 0 Å². The number of aliphatic carboxylic acids is 1. The summed E-state index contributed by atoms with van der Waals surface area (Å²) < 4.78 is 0. The highest BCUT2D eigenvalue weighted by Gasteiger charge is 2.01. The third-order valence-electron chi connectivity index (χ3n) is 3.92. The van der Waals surface area contributed by atoms with Crippen molar-refractivity contribution < 1.29 is 15.0 Å². The Morgan fingerprint density at radius 2 is 1.57 bits per heavy atom. The van der Waals surface area contributed by atoms with E-state index in [9.17, 15) is 9.90 Å². The summed E-state index contributed by atoms with van der Waals surface area (Å²) in [5, 5.41) is 18.3. The van der Waals surface area contributed by atoms with Crippen molar-refractivity contribution in [1.29, 1.82) is 0 Å². The van der Waals surface area contributed by atoms with Crippen LogP contribution in [0.3, 0.4) is 0 Å². The molecule has 0 fully saturated rings. The van der Waals surface area contributed by atoms with Crippen molar-refractivity contribution in [2.45, 2.75) is 96.5 Å². The zero-order valence-electron chi connectivity index (χ0n) is 14.9. The van der Waals surface area contributed by atoms with E-state index in [0.717, 1.165) is 64.2 Å². The van der Waals surface area contributed by atoms with Crippen LogP contribution in [0.5, 0.6) is 0 Å². The van der Waals surface area contributed by atoms with Crippen LogP contribution >= 0.6 is 0 Å². The molecule has 0 aromatic rings. The van der Waals surface area contributed by atoms with Gasteiger partial charge in [-0.25, -0.2) is 0 Å². The largest absolute Gasteiger partial charge is 0.481 e. The molecule has 1 unspecified atom stereocenters. The maximum atomic E-state index is 10.3. The number of allylic oxidation sites excluding steroid dienone is 4. The van der Waals surface area contributed by atoms with Crippen LogP contribution in [0, 0.1) is 0 Å². The van der Waals surface area contributed by atoms with E-state index in [1.165, 1.54) is 12.8 Å². The van der Waals surface area contributed by atoms with Gasteiger partial charge in [-0.1, -0.05) is 63.3 Å². The number of aliphatic hydroxyl groups is 1. The molecule has 2 N–H and O–H groups in total. The minimum atomic E-state index is -0.690. The van der Waals surface area contributed by atoms with Crippen LogP contribution in [-0.4, -0.2) is 22.3 Å². The third-order valence-corrected chi connectivity index (χ3v) is 3.92. The Labute approximate surface area is 142 Å². The lowest BCUT2D eigenvalue weighted by molar-refractivity contribution is -0.137. The third kappa shape index (κ3) is 18.9. The van der Waals surface area contributed by atoms with Gasteiger partial charge < -0.3 is 10.2 Å². The van der Waals surface area contributed by atoms with E-state index < -0.39 is 5.97 Å². The summed E-state index contributed by atoms with van der Waals surface area (Å²) in [7, 11) is 0. The fraction of sp³-hybridized carbons (Fsp3) is 0.750. The molecule has 0 heterocycles. The quantitative estimate of drug-likeness (QED) is 0.285. The molecule has 1 atom stereocenters. The van der Waals surface area contributed by atoms with Crippen molar-refractivity contribution in [2.24, 2.45) is 0 Å². The van der Waals surface area contributed by atoms with Gasteiger partial charge in [-0.05, 0) is 44.9 Å². The Morgan fingerprint density at radius 3 is 2.26 bits per heavy atom. The molecule has 0 saturated heterocycles. The first-order valence-corrected chi connectivity index (χ1v) is 9.36. The van der Waals surface area contributed by atoms with Crippen molar-refractivity contribution in [3.05, 3.63) is 24.3 Å². The summed E-state index contributed by atoms with van der Waals surface area (Å²) in [6, 6.07) is 0. The lowest BCUT2D eigenvalue weighted by Gasteiger charge is -2.07. The Kier molecular flexibility index (Phi) is 16.4. The normalized spacial score (nSPS) is 13.1. The highest BCUT2D eigenvalue weighted by atomic mass is 16.4. The molecule has 0 aliphatic carbocycles. The van der Waals surface area contributed by atoms with Gasteiger partial charge in [0, 0.05) is 6.42 Å². The Bertz CT molecular complexity index is 321. The second-order valence-corrected chi connectivity index (χ2v) is 6.25. The number of hydrogen-bond acceptors (Lipinski definition) is 2. The molecule has 0 rings (SSSR count). The predicted molar refractivity (Wildman–Crippen MR) is 97.6 cm³/mol. The molecule has 0 amide bonds. The van der Waals surface area contributed by atoms with Gasteiger partial charge in [-0.15, -0.1) is 0 Å². The molecule has 3 nitrogen and oxygen atoms in total. The van der Waals surface area contributed by atoms with E-state index >= 15 is 0 Å². The molecule has 0 radical (unpaired) electrons. The van der Waals surface area contributed by atoms with Crippen LogP contribution in [0.2, 0.25) is 0 Å². The molecular weight excluding hydrogens is 288 g/mol. The number of carboxylic acid groups (broad SMARTS) is 1. The van der Waals surface area contributed by atoms with E-state index in [1.807, 2.05) is 0 Å². The van der Waals surface area contributed by atoms with Gasteiger partial charge >= 0.3 is 5.97 Å². The van der Waals surface area contributed by atoms with E-state index in [-0.39, 0.29) is 6.10 Å². The molecule has 3 heteroatoms. The summed E-state index contributed by atoms with van der Waals surface area (Å²) >= 11 is 0. The first-order chi connectivity index (χ1) is 11.2. The zero-order chi connectivity index (χ0) is 17.2. The smallest absolute Gasteiger partial charge is 0.303 e. The maximum absolute atomic E-state index is 10.3. The fourth-order valence-electron chi connectivity index (χ4n) is 2.46.